The second-order valence-electron chi connectivity index (χ2n) is 3.57. The van der Waals surface area contributed by atoms with Crippen LogP contribution < -0.4 is 0 Å². The Morgan fingerprint density at radius 1 is 1.67 bits per heavy atom. The molecule has 0 amide bonds. The van der Waals surface area contributed by atoms with Gasteiger partial charge in [0.1, 0.15) is 0 Å². The van der Waals surface area contributed by atoms with Crippen molar-refractivity contribution in [3.63, 3.8) is 0 Å². The van der Waals surface area contributed by atoms with Gasteiger partial charge >= 0.3 is 5.97 Å². The Balaban J connectivity index is 2.25. The summed E-state index contributed by atoms with van der Waals surface area (Å²) in [4.78, 5) is 13.4. The largest absolute Gasteiger partial charge is 0.469 e. The molecule has 0 N–H and O–H groups in total. The molecule has 0 aromatic heterocycles. The molecule has 1 aliphatic rings. The molecule has 1 rings (SSSR count). The van der Waals surface area contributed by atoms with E-state index in [0.29, 0.717) is 6.42 Å². The molecule has 0 aliphatic carbocycles. The van der Waals surface area contributed by atoms with Crippen molar-refractivity contribution in [2.24, 2.45) is 0 Å². The number of morpholine rings is 1. The Labute approximate surface area is 95.3 Å². The Hall–Kier alpha value is -0.260. The predicted octanol–water partition coefficient (Wildman–Crippen LogP) is 0.613. The minimum Gasteiger partial charge on any atom is -0.469 e. The number of hydrogen-bond donors (Lipinski definition) is 0. The summed E-state index contributed by atoms with van der Waals surface area (Å²) in [5, 5.41) is 0. The highest BCUT2D eigenvalue weighted by Crippen LogP contribution is 2.09. The van der Waals surface area contributed by atoms with Gasteiger partial charge in [0.15, 0.2) is 0 Å². The van der Waals surface area contributed by atoms with Crippen molar-refractivity contribution in [1.82, 2.24) is 4.90 Å². The molecule has 1 fully saturated rings. The van der Waals surface area contributed by atoms with Crippen molar-refractivity contribution in [2.45, 2.75) is 12.5 Å². The monoisotopic (exact) mass is 233 g/mol. The number of carbonyl (C=O) groups excluding carboxylic acids is 1. The molecule has 0 bridgehead atoms. The van der Waals surface area contributed by atoms with Crippen molar-refractivity contribution in [1.29, 1.82) is 0 Å². The highest BCUT2D eigenvalue weighted by Gasteiger charge is 2.22. The molecule has 1 saturated heterocycles. The maximum atomic E-state index is 11.1. The van der Waals surface area contributed by atoms with Crippen LogP contribution in [0.25, 0.3) is 0 Å². The highest BCUT2D eigenvalue weighted by molar-refractivity contribution is 7.98. The summed E-state index contributed by atoms with van der Waals surface area (Å²) in [6, 6.07) is 0. The van der Waals surface area contributed by atoms with Crippen LogP contribution in [-0.2, 0) is 14.3 Å². The van der Waals surface area contributed by atoms with Crippen LogP contribution in [0.2, 0.25) is 0 Å². The van der Waals surface area contributed by atoms with E-state index in [2.05, 4.69) is 15.9 Å². The first-order valence-corrected chi connectivity index (χ1v) is 6.55. The molecule has 0 saturated carbocycles. The molecule has 88 valence electrons. The fourth-order valence-corrected chi connectivity index (χ4v) is 2.04. The van der Waals surface area contributed by atoms with Crippen molar-refractivity contribution in [3.8, 4) is 0 Å². The van der Waals surface area contributed by atoms with E-state index in [1.54, 1.807) is 0 Å². The minimum atomic E-state index is -0.188. The van der Waals surface area contributed by atoms with Crippen molar-refractivity contribution >= 4 is 17.7 Å². The SMILES string of the molecule is COC(=O)CC1CN(CCSC)CCO1. The van der Waals surface area contributed by atoms with E-state index in [9.17, 15) is 4.79 Å². The first kappa shape index (κ1) is 12.8. The Kier molecular flexibility index (Phi) is 6.05. The van der Waals surface area contributed by atoms with E-state index in [1.165, 1.54) is 7.11 Å². The normalized spacial score (nSPS) is 22.7. The second kappa shape index (κ2) is 7.09. The molecule has 5 heteroatoms. The molecule has 1 aliphatic heterocycles. The molecule has 1 heterocycles. The van der Waals surface area contributed by atoms with Gasteiger partial charge in [-0.3, -0.25) is 9.69 Å². The summed E-state index contributed by atoms with van der Waals surface area (Å²) < 4.78 is 10.1. The third-order valence-electron chi connectivity index (χ3n) is 2.46. The maximum absolute atomic E-state index is 11.1. The fraction of sp³-hybridized carbons (Fsp3) is 0.900. The number of nitrogens with zero attached hydrogens (tertiary/aromatic N) is 1. The van der Waals surface area contributed by atoms with Crippen LogP contribution in [0.15, 0.2) is 0 Å². The number of ether oxygens (including phenoxy) is 2. The van der Waals surface area contributed by atoms with Gasteiger partial charge in [-0.15, -0.1) is 0 Å². The van der Waals surface area contributed by atoms with Gasteiger partial charge in [-0.05, 0) is 6.26 Å². The van der Waals surface area contributed by atoms with E-state index in [4.69, 9.17) is 4.74 Å². The second-order valence-corrected chi connectivity index (χ2v) is 4.55. The van der Waals surface area contributed by atoms with Crippen LogP contribution in [0.3, 0.4) is 0 Å². The zero-order valence-corrected chi connectivity index (χ0v) is 10.2. The zero-order valence-electron chi connectivity index (χ0n) is 9.40. The lowest BCUT2D eigenvalue weighted by Crippen LogP contribution is -2.44. The lowest BCUT2D eigenvalue weighted by atomic mass is 10.2. The number of hydrogen-bond acceptors (Lipinski definition) is 5. The Bertz CT molecular complexity index is 201. The van der Waals surface area contributed by atoms with Gasteiger partial charge < -0.3 is 9.47 Å². The molecule has 0 aromatic carbocycles. The lowest BCUT2D eigenvalue weighted by Gasteiger charge is -2.32. The van der Waals surface area contributed by atoms with Crippen LogP contribution >= 0.6 is 11.8 Å². The Morgan fingerprint density at radius 2 is 2.47 bits per heavy atom. The van der Waals surface area contributed by atoms with Gasteiger partial charge in [0, 0.05) is 25.4 Å². The van der Waals surface area contributed by atoms with Gasteiger partial charge in [0.25, 0.3) is 0 Å². The van der Waals surface area contributed by atoms with Crippen molar-refractivity contribution in [3.05, 3.63) is 0 Å². The van der Waals surface area contributed by atoms with Crippen LogP contribution in [0.1, 0.15) is 6.42 Å². The number of carbonyl (C=O) groups is 1. The van der Waals surface area contributed by atoms with Crippen molar-refractivity contribution in [2.75, 3.05) is 45.4 Å². The molecular weight excluding hydrogens is 214 g/mol. The molecule has 15 heavy (non-hydrogen) atoms. The summed E-state index contributed by atoms with van der Waals surface area (Å²) in [6.07, 6.45) is 2.48. The topological polar surface area (TPSA) is 38.8 Å². The number of methoxy groups -OCH3 is 1. The first-order chi connectivity index (χ1) is 7.26. The average molecular weight is 233 g/mol. The van der Waals surface area contributed by atoms with Gasteiger partial charge in [0.05, 0.1) is 26.2 Å². The van der Waals surface area contributed by atoms with E-state index in [0.717, 1.165) is 32.0 Å². The van der Waals surface area contributed by atoms with Gasteiger partial charge in [0.2, 0.25) is 0 Å². The molecule has 0 spiro atoms. The molecule has 4 nitrogen and oxygen atoms in total. The average Bonchev–Trinajstić information content (AvgIpc) is 2.26. The summed E-state index contributed by atoms with van der Waals surface area (Å²) in [6.45, 7) is 3.60. The van der Waals surface area contributed by atoms with E-state index in [1.807, 2.05) is 11.8 Å². The molecule has 0 aromatic rings. The Morgan fingerprint density at radius 3 is 3.13 bits per heavy atom. The molecule has 1 unspecified atom stereocenters. The van der Waals surface area contributed by atoms with Crippen molar-refractivity contribution < 1.29 is 14.3 Å². The highest BCUT2D eigenvalue weighted by atomic mass is 32.2. The third kappa shape index (κ3) is 4.86. The predicted molar refractivity (Wildman–Crippen MR) is 61.2 cm³/mol. The number of rotatable bonds is 5. The number of thioether (sulfide) groups is 1. The molecule has 1 atom stereocenters. The van der Waals surface area contributed by atoms with Gasteiger partial charge in [-0.25, -0.2) is 0 Å². The molecular formula is C10H19NO3S. The summed E-state index contributed by atoms with van der Waals surface area (Å²) in [7, 11) is 1.41. The number of esters is 1. The van der Waals surface area contributed by atoms with Gasteiger partial charge in [-0.2, -0.15) is 11.8 Å². The smallest absolute Gasteiger partial charge is 0.308 e. The van der Waals surface area contributed by atoms with E-state index >= 15 is 0 Å². The van der Waals surface area contributed by atoms with Crippen LogP contribution in [0, 0.1) is 0 Å². The van der Waals surface area contributed by atoms with Crippen LogP contribution in [0.4, 0.5) is 0 Å². The maximum Gasteiger partial charge on any atom is 0.308 e. The van der Waals surface area contributed by atoms with E-state index in [-0.39, 0.29) is 12.1 Å². The third-order valence-corrected chi connectivity index (χ3v) is 3.05. The minimum absolute atomic E-state index is 0.00746. The van der Waals surface area contributed by atoms with Gasteiger partial charge in [-0.1, -0.05) is 0 Å². The first-order valence-electron chi connectivity index (χ1n) is 5.16. The lowest BCUT2D eigenvalue weighted by molar-refractivity contribution is -0.145. The quantitative estimate of drug-likeness (QED) is 0.651. The standard InChI is InChI=1S/C10H19NO3S/c1-13-10(12)7-9-8-11(3-5-14-9)4-6-15-2/h9H,3-8H2,1-2H3. The molecule has 0 radical (unpaired) electrons. The fourth-order valence-electron chi connectivity index (χ4n) is 1.60. The summed E-state index contributed by atoms with van der Waals surface area (Å²) >= 11 is 1.84. The van der Waals surface area contributed by atoms with E-state index < -0.39 is 0 Å². The summed E-state index contributed by atoms with van der Waals surface area (Å²) in [5.74, 6) is 0.942. The summed E-state index contributed by atoms with van der Waals surface area (Å²) in [5.41, 5.74) is 0. The zero-order chi connectivity index (χ0) is 11.1. The van der Waals surface area contributed by atoms with Crippen LogP contribution in [-0.4, -0.2) is 62.3 Å². The van der Waals surface area contributed by atoms with Crippen LogP contribution in [0.5, 0.6) is 0 Å².